The molecule has 1 N–H and O–H groups in total. The Labute approximate surface area is 197 Å². The lowest BCUT2D eigenvalue weighted by molar-refractivity contribution is 0.0302. The summed E-state index contributed by atoms with van der Waals surface area (Å²) in [4.78, 5) is 35.2. The zero-order valence-corrected chi connectivity index (χ0v) is 19.3. The highest BCUT2D eigenvalue weighted by Crippen LogP contribution is 2.25. The number of fused-ring (bicyclic) bond motifs is 1. The number of para-hydroxylation sites is 1. The van der Waals surface area contributed by atoms with E-state index in [1.165, 1.54) is 4.40 Å². The quantitative estimate of drug-likeness (QED) is 0.620. The number of nitrogens with zero attached hydrogens (tertiary/aromatic N) is 4. The monoisotopic (exact) mass is 463 g/mol. The van der Waals surface area contributed by atoms with Crippen molar-refractivity contribution in [1.29, 1.82) is 0 Å². The molecule has 1 amide bonds. The van der Waals surface area contributed by atoms with Crippen LogP contribution in [0.25, 0.3) is 5.65 Å². The summed E-state index contributed by atoms with van der Waals surface area (Å²) in [7, 11) is 0. The van der Waals surface area contributed by atoms with Crippen LogP contribution in [0, 0.1) is 0 Å². The van der Waals surface area contributed by atoms with Crippen LogP contribution in [0.3, 0.4) is 0 Å². The summed E-state index contributed by atoms with van der Waals surface area (Å²) < 4.78 is 12.3. The summed E-state index contributed by atoms with van der Waals surface area (Å²) in [5.74, 6) is 0.524. The molecular weight excluding hydrogens is 434 g/mol. The lowest BCUT2D eigenvalue weighted by atomic mass is 10.1. The van der Waals surface area contributed by atoms with Crippen molar-refractivity contribution in [1.82, 2.24) is 14.3 Å². The fourth-order valence-electron chi connectivity index (χ4n) is 4.42. The summed E-state index contributed by atoms with van der Waals surface area (Å²) in [5, 5.41) is 3.48. The number of nitrogens with one attached hydrogen (secondary N) is 1. The van der Waals surface area contributed by atoms with E-state index in [2.05, 4.69) is 10.2 Å². The molecule has 2 saturated heterocycles. The lowest BCUT2D eigenvalue weighted by Crippen LogP contribution is -2.41. The number of hydrogen-bond acceptors (Lipinski definition) is 7. The summed E-state index contributed by atoms with van der Waals surface area (Å²) in [5.41, 5.74) is 2.54. The van der Waals surface area contributed by atoms with Gasteiger partial charge in [-0.05, 0) is 25.1 Å². The molecule has 0 radical (unpaired) electrons. The number of amides is 1. The number of hydrogen-bond donors (Lipinski definition) is 1. The first kappa shape index (κ1) is 22.4. The van der Waals surface area contributed by atoms with E-state index in [1.807, 2.05) is 43.3 Å². The van der Waals surface area contributed by atoms with Crippen LogP contribution in [-0.4, -0.2) is 72.8 Å². The molecule has 178 valence electrons. The molecule has 0 aliphatic carbocycles. The summed E-state index contributed by atoms with van der Waals surface area (Å²) >= 11 is 0. The normalized spacial score (nSPS) is 17.6. The molecule has 4 heterocycles. The third kappa shape index (κ3) is 4.62. The minimum Gasteiger partial charge on any atom is -0.378 e. The second-order valence-corrected chi connectivity index (χ2v) is 8.57. The molecule has 5 rings (SSSR count). The standard InChI is InChI=1S/C25H29N5O4/c1-18(26-20-5-3-2-4-6-20)21-15-19(25(32)29-9-13-34-14-10-29)17-30-23(31)16-22(27-24(21)30)28-7-11-33-12-8-28/h2-6,15-18,26H,7-14H2,1H3. The zero-order chi connectivity index (χ0) is 23.5. The van der Waals surface area contributed by atoms with E-state index in [9.17, 15) is 9.59 Å². The van der Waals surface area contributed by atoms with Gasteiger partial charge in [0.25, 0.3) is 11.5 Å². The highest BCUT2D eigenvalue weighted by molar-refractivity contribution is 5.94. The second kappa shape index (κ2) is 9.82. The predicted molar refractivity (Wildman–Crippen MR) is 130 cm³/mol. The Hall–Kier alpha value is -3.43. The Morgan fingerprint density at radius 3 is 2.38 bits per heavy atom. The van der Waals surface area contributed by atoms with E-state index in [4.69, 9.17) is 14.5 Å². The molecule has 1 unspecified atom stereocenters. The van der Waals surface area contributed by atoms with Crippen LogP contribution in [-0.2, 0) is 9.47 Å². The van der Waals surface area contributed by atoms with Crippen LogP contribution in [0.15, 0.2) is 53.5 Å². The van der Waals surface area contributed by atoms with Gasteiger partial charge in [-0.2, -0.15) is 0 Å². The third-order valence-corrected chi connectivity index (χ3v) is 6.28. The summed E-state index contributed by atoms with van der Waals surface area (Å²) in [6.45, 7) is 6.69. The maximum Gasteiger partial charge on any atom is 0.259 e. The molecule has 0 spiro atoms. The van der Waals surface area contributed by atoms with Crippen LogP contribution in [0.2, 0.25) is 0 Å². The number of carbonyl (C=O) groups is 1. The van der Waals surface area contributed by atoms with E-state index in [-0.39, 0.29) is 17.5 Å². The molecule has 2 aliphatic rings. The number of morpholine rings is 2. The van der Waals surface area contributed by atoms with Crippen molar-refractivity contribution in [2.75, 3.05) is 62.8 Å². The second-order valence-electron chi connectivity index (χ2n) is 8.57. The molecule has 34 heavy (non-hydrogen) atoms. The van der Waals surface area contributed by atoms with Gasteiger partial charge in [-0.15, -0.1) is 0 Å². The maximum atomic E-state index is 13.3. The fourth-order valence-corrected chi connectivity index (χ4v) is 4.42. The van der Waals surface area contributed by atoms with E-state index in [0.717, 1.165) is 11.3 Å². The summed E-state index contributed by atoms with van der Waals surface area (Å²) in [6.07, 6.45) is 1.62. The minimum absolute atomic E-state index is 0.109. The van der Waals surface area contributed by atoms with Crippen molar-refractivity contribution in [2.45, 2.75) is 13.0 Å². The number of pyridine rings is 1. The van der Waals surface area contributed by atoms with Gasteiger partial charge in [-0.3, -0.25) is 14.0 Å². The van der Waals surface area contributed by atoms with Gasteiger partial charge in [0.2, 0.25) is 0 Å². The Morgan fingerprint density at radius 2 is 1.68 bits per heavy atom. The highest BCUT2D eigenvalue weighted by atomic mass is 16.5. The molecule has 9 heteroatoms. The van der Waals surface area contributed by atoms with Crippen LogP contribution in [0.5, 0.6) is 0 Å². The number of benzene rings is 1. The van der Waals surface area contributed by atoms with Gasteiger partial charge in [0.15, 0.2) is 0 Å². The van der Waals surface area contributed by atoms with Gasteiger partial charge in [0.1, 0.15) is 11.5 Å². The zero-order valence-electron chi connectivity index (χ0n) is 19.3. The summed E-state index contributed by atoms with van der Waals surface area (Å²) in [6, 6.07) is 13.1. The largest absolute Gasteiger partial charge is 0.378 e. The van der Waals surface area contributed by atoms with Crippen molar-refractivity contribution in [3.05, 3.63) is 70.1 Å². The smallest absolute Gasteiger partial charge is 0.259 e. The molecule has 2 aliphatic heterocycles. The Bertz CT molecular complexity index is 1220. The van der Waals surface area contributed by atoms with Crippen LogP contribution < -0.4 is 15.8 Å². The molecule has 1 aromatic carbocycles. The van der Waals surface area contributed by atoms with Gasteiger partial charge >= 0.3 is 0 Å². The van der Waals surface area contributed by atoms with Crippen molar-refractivity contribution in [3.63, 3.8) is 0 Å². The SMILES string of the molecule is CC(Nc1ccccc1)c1cc(C(=O)N2CCOCC2)cn2c(=O)cc(N3CCOCC3)nc12. The first-order chi connectivity index (χ1) is 16.6. The number of anilines is 2. The average molecular weight is 464 g/mol. The van der Waals surface area contributed by atoms with Gasteiger partial charge in [-0.1, -0.05) is 18.2 Å². The number of aromatic nitrogens is 2. The van der Waals surface area contributed by atoms with Crippen LogP contribution in [0.4, 0.5) is 11.5 Å². The number of carbonyl (C=O) groups excluding carboxylic acids is 1. The predicted octanol–water partition coefficient (Wildman–Crippen LogP) is 2.18. The molecule has 0 saturated carbocycles. The van der Waals surface area contributed by atoms with Gasteiger partial charge in [-0.25, -0.2) is 4.98 Å². The van der Waals surface area contributed by atoms with Crippen molar-refractivity contribution in [2.24, 2.45) is 0 Å². The van der Waals surface area contributed by atoms with Gasteiger partial charge in [0, 0.05) is 49.7 Å². The van der Waals surface area contributed by atoms with E-state index in [1.54, 1.807) is 17.2 Å². The Kier molecular flexibility index (Phi) is 6.46. The lowest BCUT2D eigenvalue weighted by Gasteiger charge is -2.29. The number of ether oxygens (including phenoxy) is 2. The van der Waals surface area contributed by atoms with Crippen LogP contribution in [0.1, 0.15) is 28.9 Å². The average Bonchev–Trinajstić information content (AvgIpc) is 2.89. The molecule has 2 fully saturated rings. The van der Waals surface area contributed by atoms with Crippen molar-refractivity contribution < 1.29 is 14.3 Å². The fraction of sp³-hybridized carbons (Fsp3) is 0.400. The van der Waals surface area contributed by atoms with E-state index in [0.29, 0.717) is 69.6 Å². The van der Waals surface area contributed by atoms with E-state index < -0.39 is 0 Å². The van der Waals surface area contributed by atoms with Gasteiger partial charge < -0.3 is 24.6 Å². The van der Waals surface area contributed by atoms with Gasteiger partial charge in [0.05, 0.1) is 38.0 Å². The van der Waals surface area contributed by atoms with E-state index >= 15 is 0 Å². The number of rotatable bonds is 5. The molecule has 9 nitrogen and oxygen atoms in total. The van der Waals surface area contributed by atoms with Crippen LogP contribution >= 0.6 is 0 Å². The Morgan fingerprint density at radius 1 is 1.00 bits per heavy atom. The molecule has 3 aromatic rings. The third-order valence-electron chi connectivity index (χ3n) is 6.28. The minimum atomic E-state index is -0.212. The first-order valence-electron chi connectivity index (χ1n) is 11.7. The topological polar surface area (TPSA) is 88.4 Å². The molecular formula is C25H29N5O4. The van der Waals surface area contributed by atoms with Crippen molar-refractivity contribution >= 4 is 23.1 Å². The van der Waals surface area contributed by atoms with Crippen molar-refractivity contribution in [3.8, 4) is 0 Å². The molecule has 2 aromatic heterocycles. The molecule has 0 bridgehead atoms. The Balaban J connectivity index is 1.60. The first-order valence-corrected chi connectivity index (χ1v) is 11.7. The molecule has 1 atom stereocenters. The maximum absolute atomic E-state index is 13.3. The highest BCUT2D eigenvalue weighted by Gasteiger charge is 2.23.